The number of amides is 1. The second kappa shape index (κ2) is 9.05. The molecule has 3 rings (SSSR count). The molecule has 0 atom stereocenters. The summed E-state index contributed by atoms with van der Waals surface area (Å²) in [5.41, 5.74) is 2.01. The lowest BCUT2D eigenvalue weighted by Crippen LogP contribution is -2.36. The monoisotopic (exact) mass is 414 g/mol. The molecule has 1 amide bonds. The molecule has 1 aliphatic heterocycles. The Hall–Kier alpha value is -2.93. The molecule has 1 heterocycles. The van der Waals surface area contributed by atoms with Gasteiger partial charge in [0, 0.05) is 31.5 Å². The van der Waals surface area contributed by atoms with Gasteiger partial charge in [0.1, 0.15) is 0 Å². The molecule has 0 radical (unpaired) electrons. The largest absolute Gasteiger partial charge is 0.378 e. The summed E-state index contributed by atoms with van der Waals surface area (Å²) in [6.07, 6.45) is 0. The zero-order valence-corrected chi connectivity index (χ0v) is 16.9. The maximum absolute atomic E-state index is 12.6. The number of hydrogen-bond donors (Lipinski definition) is 1. The summed E-state index contributed by atoms with van der Waals surface area (Å²) in [5, 5.41) is 11.5. The summed E-state index contributed by atoms with van der Waals surface area (Å²) in [7, 11) is -2.49. The normalized spacial score (nSPS) is 14.4. The molecule has 0 unspecified atom stereocenters. The predicted molar refractivity (Wildman–Crippen MR) is 109 cm³/mol. The average Bonchev–Trinajstić information content (AvgIpc) is 2.74. The minimum atomic E-state index is -3.83. The van der Waals surface area contributed by atoms with Crippen LogP contribution in [-0.4, -0.2) is 58.5 Å². The minimum Gasteiger partial charge on any atom is -0.378 e. The lowest BCUT2D eigenvalue weighted by atomic mass is 10.2. The van der Waals surface area contributed by atoms with Crippen molar-refractivity contribution < 1.29 is 17.9 Å². The maximum Gasteiger partial charge on any atom is 0.243 e. The Labute approximate surface area is 170 Å². The van der Waals surface area contributed by atoms with Crippen molar-refractivity contribution in [1.29, 1.82) is 5.26 Å². The summed E-state index contributed by atoms with van der Waals surface area (Å²) in [6.45, 7) is 2.71. The Bertz CT molecular complexity index is 992. The second-order valence-electron chi connectivity index (χ2n) is 6.59. The number of benzene rings is 2. The predicted octanol–water partition coefficient (Wildman–Crippen LogP) is 1.65. The van der Waals surface area contributed by atoms with Crippen LogP contribution in [0.15, 0.2) is 53.4 Å². The molecule has 1 N–H and O–H groups in total. The maximum atomic E-state index is 12.6. The van der Waals surface area contributed by atoms with Crippen molar-refractivity contribution in [1.82, 2.24) is 4.31 Å². The number of carbonyl (C=O) groups excluding carboxylic acids is 1. The highest BCUT2D eigenvalue weighted by Gasteiger charge is 2.23. The number of sulfonamides is 1. The molecule has 2 aromatic carbocycles. The van der Waals surface area contributed by atoms with Gasteiger partial charge >= 0.3 is 0 Å². The van der Waals surface area contributed by atoms with Crippen LogP contribution in [0.1, 0.15) is 5.56 Å². The summed E-state index contributed by atoms with van der Waals surface area (Å²) < 4.78 is 31.5. The molecule has 1 fully saturated rings. The van der Waals surface area contributed by atoms with Crippen LogP contribution in [0.2, 0.25) is 0 Å². The van der Waals surface area contributed by atoms with E-state index in [1.165, 1.54) is 31.3 Å². The molecule has 0 aliphatic carbocycles. The lowest BCUT2D eigenvalue weighted by Gasteiger charge is -2.28. The highest BCUT2D eigenvalue weighted by atomic mass is 32.2. The van der Waals surface area contributed by atoms with Crippen LogP contribution < -0.4 is 10.2 Å². The first-order valence-corrected chi connectivity index (χ1v) is 10.5. The fraction of sp³-hybridized carbons (Fsp3) is 0.300. The van der Waals surface area contributed by atoms with Crippen LogP contribution in [-0.2, 0) is 19.6 Å². The lowest BCUT2D eigenvalue weighted by molar-refractivity contribution is -0.116. The van der Waals surface area contributed by atoms with Crippen molar-refractivity contribution >= 4 is 27.3 Å². The van der Waals surface area contributed by atoms with Gasteiger partial charge < -0.3 is 15.0 Å². The van der Waals surface area contributed by atoms with Crippen molar-refractivity contribution in [2.45, 2.75) is 4.90 Å². The van der Waals surface area contributed by atoms with Gasteiger partial charge in [0.25, 0.3) is 0 Å². The fourth-order valence-electron chi connectivity index (χ4n) is 2.95. The van der Waals surface area contributed by atoms with Gasteiger partial charge in [-0.1, -0.05) is 0 Å². The smallest absolute Gasteiger partial charge is 0.243 e. The SMILES string of the molecule is CN(CC(=O)Nc1ccc(N2CCOCC2)cc1)S(=O)(=O)c1ccc(C#N)cc1. The molecule has 152 valence electrons. The topological polar surface area (TPSA) is 103 Å². The number of likely N-dealkylation sites (N-methyl/N-ethyl adjacent to an activating group) is 1. The third kappa shape index (κ3) is 5.12. The van der Waals surface area contributed by atoms with Crippen molar-refractivity contribution in [3.63, 3.8) is 0 Å². The number of carbonyl (C=O) groups is 1. The fourth-order valence-corrected chi connectivity index (χ4v) is 4.07. The van der Waals surface area contributed by atoms with Gasteiger partial charge in [-0.15, -0.1) is 0 Å². The highest BCUT2D eigenvalue weighted by molar-refractivity contribution is 7.89. The minimum absolute atomic E-state index is 0.0293. The van der Waals surface area contributed by atoms with E-state index in [1.54, 1.807) is 12.1 Å². The summed E-state index contributed by atoms with van der Waals surface area (Å²) >= 11 is 0. The summed E-state index contributed by atoms with van der Waals surface area (Å²) in [6, 6.07) is 14.9. The quantitative estimate of drug-likeness (QED) is 0.771. The van der Waals surface area contributed by atoms with Crippen LogP contribution >= 0.6 is 0 Å². The zero-order chi connectivity index (χ0) is 20.9. The number of nitrogens with zero attached hydrogens (tertiary/aromatic N) is 3. The first kappa shape index (κ1) is 20.8. The van der Waals surface area contributed by atoms with E-state index in [1.807, 2.05) is 18.2 Å². The van der Waals surface area contributed by atoms with Crippen molar-refractivity contribution in [3.05, 3.63) is 54.1 Å². The molecule has 29 heavy (non-hydrogen) atoms. The molecule has 2 aromatic rings. The Kier molecular flexibility index (Phi) is 6.49. The van der Waals surface area contributed by atoms with Gasteiger partial charge in [0.2, 0.25) is 15.9 Å². The van der Waals surface area contributed by atoms with Gasteiger partial charge in [-0.25, -0.2) is 8.42 Å². The molecular weight excluding hydrogens is 392 g/mol. The highest BCUT2D eigenvalue weighted by Crippen LogP contribution is 2.19. The molecular formula is C20H22N4O4S. The molecule has 1 saturated heterocycles. The molecule has 0 saturated carbocycles. The molecule has 0 bridgehead atoms. The van der Waals surface area contributed by atoms with Gasteiger partial charge in [-0.05, 0) is 48.5 Å². The number of hydrogen-bond acceptors (Lipinski definition) is 6. The van der Waals surface area contributed by atoms with Crippen LogP contribution in [0.4, 0.5) is 11.4 Å². The number of anilines is 2. The number of rotatable bonds is 6. The van der Waals surface area contributed by atoms with E-state index in [0.717, 1.165) is 23.1 Å². The van der Waals surface area contributed by atoms with Crippen LogP contribution in [0, 0.1) is 11.3 Å². The van der Waals surface area contributed by atoms with E-state index in [0.29, 0.717) is 24.5 Å². The number of morpholine rings is 1. The Morgan fingerprint density at radius 2 is 1.76 bits per heavy atom. The van der Waals surface area contributed by atoms with Gasteiger partial charge in [0.05, 0.1) is 36.3 Å². The van der Waals surface area contributed by atoms with Crippen LogP contribution in [0.3, 0.4) is 0 Å². The number of nitriles is 1. The van der Waals surface area contributed by atoms with E-state index < -0.39 is 15.9 Å². The molecule has 9 heteroatoms. The van der Waals surface area contributed by atoms with Crippen LogP contribution in [0.25, 0.3) is 0 Å². The number of ether oxygens (including phenoxy) is 1. The van der Waals surface area contributed by atoms with Crippen molar-refractivity contribution in [2.24, 2.45) is 0 Å². The first-order chi connectivity index (χ1) is 13.9. The van der Waals surface area contributed by atoms with Gasteiger partial charge in [0.15, 0.2) is 0 Å². The first-order valence-electron chi connectivity index (χ1n) is 9.09. The average molecular weight is 414 g/mol. The third-order valence-electron chi connectivity index (χ3n) is 4.59. The van der Waals surface area contributed by atoms with Gasteiger partial charge in [-0.2, -0.15) is 9.57 Å². The van der Waals surface area contributed by atoms with Crippen LogP contribution in [0.5, 0.6) is 0 Å². The van der Waals surface area contributed by atoms with E-state index in [2.05, 4.69) is 10.2 Å². The Morgan fingerprint density at radius 3 is 2.34 bits per heavy atom. The second-order valence-corrected chi connectivity index (χ2v) is 8.64. The zero-order valence-electron chi connectivity index (χ0n) is 16.0. The van der Waals surface area contributed by atoms with Crippen molar-refractivity contribution in [2.75, 3.05) is 50.1 Å². The Balaban J connectivity index is 1.59. The molecule has 0 spiro atoms. The van der Waals surface area contributed by atoms with E-state index in [9.17, 15) is 13.2 Å². The summed E-state index contributed by atoms with van der Waals surface area (Å²) in [4.78, 5) is 14.5. The summed E-state index contributed by atoms with van der Waals surface area (Å²) in [5.74, 6) is -0.441. The Morgan fingerprint density at radius 1 is 1.14 bits per heavy atom. The number of nitrogens with one attached hydrogen (secondary N) is 1. The van der Waals surface area contributed by atoms with E-state index in [4.69, 9.17) is 10.00 Å². The van der Waals surface area contributed by atoms with E-state index >= 15 is 0 Å². The molecule has 1 aliphatic rings. The standard InChI is InChI=1S/C20H22N4O4S/c1-23(29(26,27)19-8-2-16(14-21)3-9-19)15-20(25)22-17-4-6-18(7-5-17)24-10-12-28-13-11-24/h2-9H,10-13,15H2,1H3,(H,22,25). The molecule has 8 nitrogen and oxygen atoms in total. The molecule has 0 aromatic heterocycles. The third-order valence-corrected chi connectivity index (χ3v) is 6.40. The van der Waals surface area contributed by atoms with E-state index in [-0.39, 0.29) is 11.4 Å². The van der Waals surface area contributed by atoms with Crippen molar-refractivity contribution in [3.8, 4) is 6.07 Å². The van der Waals surface area contributed by atoms with Gasteiger partial charge in [-0.3, -0.25) is 4.79 Å².